The van der Waals surface area contributed by atoms with E-state index in [1.807, 2.05) is 26.0 Å². The van der Waals surface area contributed by atoms with Gasteiger partial charge in [0, 0.05) is 0 Å². The molecule has 0 aliphatic heterocycles. The number of ether oxygens (including phenoxy) is 2. The molecule has 0 bridgehead atoms. The lowest BCUT2D eigenvalue weighted by molar-refractivity contribution is -0.144. The molecule has 198 valence electrons. The van der Waals surface area contributed by atoms with E-state index in [9.17, 15) is 24.4 Å². The number of hydrogen-bond donors (Lipinski definition) is 2. The summed E-state index contributed by atoms with van der Waals surface area (Å²) in [7, 11) is 1.20. The van der Waals surface area contributed by atoms with Crippen LogP contribution in [0.4, 0.5) is 4.79 Å². The summed E-state index contributed by atoms with van der Waals surface area (Å²) in [6.07, 6.45) is -0.244. The Morgan fingerprint density at radius 2 is 1.81 bits per heavy atom. The highest BCUT2D eigenvalue weighted by Crippen LogP contribution is 2.27. The van der Waals surface area contributed by atoms with E-state index in [1.54, 1.807) is 46.8 Å². The molecule has 0 spiro atoms. The first kappa shape index (κ1) is 30.4. The van der Waals surface area contributed by atoms with Gasteiger partial charge in [0.05, 0.1) is 13.2 Å². The van der Waals surface area contributed by atoms with Gasteiger partial charge >= 0.3 is 12.1 Å². The maximum absolute atomic E-state index is 13.9. The lowest BCUT2D eigenvalue weighted by Crippen LogP contribution is -2.55. The van der Waals surface area contributed by atoms with Crippen LogP contribution in [0.3, 0.4) is 0 Å². The van der Waals surface area contributed by atoms with Gasteiger partial charge in [0.25, 0.3) is 0 Å². The smallest absolute Gasteiger partial charge is 0.408 e. The van der Waals surface area contributed by atoms with E-state index in [1.165, 1.54) is 7.11 Å². The third-order valence-corrected chi connectivity index (χ3v) is 5.59. The van der Waals surface area contributed by atoms with Crippen molar-refractivity contribution in [2.24, 2.45) is 5.92 Å². The average Bonchev–Trinajstić information content (AvgIpc) is 2.79. The number of methoxy groups -OCH3 is 1. The minimum atomic E-state index is -1.23. The summed E-state index contributed by atoms with van der Waals surface area (Å²) < 4.78 is 9.94. The predicted octanol–water partition coefficient (Wildman–Crippen LogP) is 2.93. The van der Waals surface area contributed by atoms with Crippen LogP contribution in [-0.2, 0) is 23.9 Å². The normalized spacial score (nSPS) is 13.4. The van der Waals surface area contributed by atoms with E-state index in [4.69, 9.17) is 4.74 Å². The van der Waals surface area contributed by atoms with Crippen LogP contribution in [0.15, 0.2) is 18.2 Å². The lowest BCUT2D eigenvalue weighted by atomic mass is 9.94. The van der Waals surface area contributed by atoms with Crippen LogP contribution in [0.25, 0.3) is 0 Å². The van der Waals surface area contributed by atoms with E-state index in [2.05, 4.69) is 15.4 Å². The van der Waals surface area contributed by atoms with Crippen molar-refractivity contribution in [3.05, 3.63) is 34.9 Å². The summed E-state index contributed by atoms with van der Waals surface area (Å²) in [6, 6.07) is 5.03. The van der Waals surface area contributed by atoms with Crippen LogP contribution >= 0.6 is 0 Å². The number of carbonyl (C=O) groups excluding carboxylic acids is 4. The maximum atomic E-state index is 13.9. The first-order valence-electron chi connectivity index (χ1n) is 11.8. The number of nitrogens with zero attached hydrogens (tertiary/aromatic N) is 2. The molecule has 1 aromatic carbocycles. The molecular formula is C26H38N4O6. The molecule has 36 heavy (non-hydrogen) atoms. The molecule has 0 aliphatic carbocycles. The minimum absolute atomic E-state index is 0.330. The Labute approximate surface area is 213 Å². The number of amides is 3. The van der Waals surface area contributed by atoms with Gasteiger partial charge in [-0.15, -0.1) is 0 Å². The zero-order valence-electron chi connectivity index (χ0n) is 22.4. The Hall–Kier alpha value is -3.61. The van der Waals surface area contributed by atoms with Crippen molar-refractivity contribution in [2.45, 2.75) is 72.6 Å². The number of aryl methyl sites for hydroxylation is 2. The molecule has 3 unspecified atom stereocenters. The predicted molar refractivity (Wildman–Crippen MR) is 134 cm³/mol. The number of carbonyl (C=O) groups is 4. The SMILES string of the molecule is CCC(C)C(NC(=O)OC(C)(C)C)C(=O)N(CC#N)C(C(=O)NCC(=O)OC)c1ccc(C)cc1C. The van der Waals surface area contributed by atoms with E-state index < -0.39 is 54.7 Å². The van der Waals surface area contributed by atoms with Gasteiger partial charge in [-0.1, -0.05) is 44.0 Å². The van der Waals surface area contributed by atoms with E-state index >= 15 is 0 Å². The summed E-state index contributed by atoms with van der Waals surface area (Å²) in [5.74, 6) is -2.26. The maximum Gasteiger partial charge on any atom is 0.408 e. The second-order valence-corrected chi connectivity index (χ2v) is 9.69. The van der Waals surface area contributed by atoms with Gasteiger partial charge in [0.1, 0.15) is 30.8 Å². The molecule has 1 rings (SSSR count). The van der Waals surface area contributed by atoms with Crippen LogP contribution in [0, 0.1) is 31.1 Å². The van der Waals surface area contributed by atoms with Crippen LogP contribution < -0.4 is 10.6 Å². The molecule has 0 fully saturated rings. The molecule has 3 amide bonds. The highest BCUT2D eigenvalue weighted by molar-refractivity contribution is 5.93. The van der Waals surface area contributed by atoms with Crippen molar-refractivity contribution >= 4 is 23.9 Å². The summed E-state index contributed by atoms with van der Waals surface area (Å²) >= 11 is 0. The first-order valence-corrected chi connectivity index (χ1v) is 11.8. The van der Waals surface area contributed by atoms with Crippen molar-refractivity contribution in [3.63, 3.8) is 0 Å². The molecule has 0 aromatic heterocycles. The largest absolute Gasteiger partial charge is 0.468 e. The van der Waals surface area contributed by atoms with Crippen molar-refractivity contribution in [3.8, 4) is 6.07 Å². The van der Waals surface area contributed by atoms with Gasteiger partial charge in [-0.2, -0.15) is 5.26 Å². The number of hydrogen-bond acceptors (Lipinski definition) is 7. The molecule has 10 heteroatoms. The average molecular weight is 503 g/mol. The third-order valence-electron chi connectivity index (χ3n) is 5.59. The number of alkyl carbamates (subject to hydrolysis) is 1. The van der Waals surface area contributed by atoms with E-state index in [0.717, 1.165) is 16.0 Å². The first-order chi connectivity index (χ1) is 16.7. The Kier molecular flexibility index (Phi) is 11.4. The molecule has 0 saturated heterocycles. The van der Waals surface area contributed by atoms with Crippen LogP contribution in [0.5, 0.6) is 0 Å². The van der Waals surface area contributed by atoms with E-state index in [-0.39, 0.29) is 5.92 Å². The molecule has 0 aliphatic rings. The molecule has 3 atom stereocenters. The fraction of sp³-hybridized carbons (Fsp3) is 0.577. The van der Waals surface area contributed by atoms with Gasteiger partial charge in [0.15, 0.2) is 0 Å². The van der Waals surface area contributed by atoms with Crippen molar-refractivity contribution < 1.29 is 28.7 Å². The summed E-state index contributed by atoms with van der Waals surface area (Å²) in [4.78, 5) is 52.5. The van der Waals surface area contributed by atoms with Crippen LogP contribution in [0.2, 0.25) is 0 Å². The Bertz CT molecular complexity index is 995. The Morgan fingerprint density at radius 3 is 2.31 bits per heavy atom. The summed E-state index contributed by atoms with van der Waals surface area (Å²) in [6.45, 7) is 11.6. The zero-order valence-corrected chi connectivity index (χ0v) is 22.4. The second-order valence-electron chi connectivity index (χ2n) is 9.69. The Morgan fingerprint density at radius 1 is 1.17 bits per heavy atom. The minimum Gasteiger partial charge on any atom is -0.468 e. The van der Waals surface area contributed by atoms with Gasteiger partial charge in [-0.25, -0.2) is 4.79 Å². The molecule has 0 heterocycles. The number of esters is 1. The monoisotopic (exact) mass is 502 g/mol. The third kappa shape index (κ3) is 8.87. The molecule has 0 saturated carbocycles. The van der Waals surface area contributed by atoms with Gasteiger partial charge in [0.2, 0.25) is 11.8 Å². The lowest BCUT2D eigenvalue weighted by Gasteiger charge is -2.35. The number of benzene rings is 1. The van der Waals surface area contributed by atoms with Crippen LogP contribution in [-0.4, -0.2) is 60.6 Å². The quantitative estimate of drug-likeness (QED) is 0.371. The second kappa shape index (κ2) is 13.5. The van der Waals surface area contributed by atoms with Gasteiger partial charge in [-0.3, -0.25) is 14.4 Å². The molecule has 1 aromatic rings. The van der Waals surface area contributed by atoms with Crippen LogP contribution in [0.1, 0.15) is 63.8 Å². The molecule has 10 nitrogen and oxygen atoms in total. The highest BCUT2D eigenvalue weighted by Gasteiger charge is 2.38. The summed E-state index contributed by atoms with van der Waals surface area (Å²) in [5, 5.41) is 14.7. The van der Waals surface area contributed by atoms with Gasteiger partial charge < -0.3 is 25.0 Å². The van der Waals surface area contributed by atoms with Crippen molar-refractivity contribution in [1.82, 2.24) is 15.5 Å². The number of nitrogens with one attached hydrogen (secondary N) is 2. The van der Waals surface area contributed by atoms with Gasteiger partial charge in [-0.05, 0) is 51.7 Å². The van der Waals surface area contributed by atoms with E-state index in [0.29, 0.717) is 12.0 Å². The Balaban J connectivity index is 3.53. The highest BCUT2D eigenvalue weighted by atomic mass is 16.6. The standard InChI is InChI=1S/C26H38N4O6/c1-9-17(3)21(29-25(34)36-26(5,6)7)24(33)30(13-12-27)22(23(32)28-15-20(31)35-8)19-11-10-16(2)14-18(19)4/h10-11,14,17,21-22H,9,13,15H2,1-8H3,(H,28,32)(H,29,34). The fourth-order valence-corrected chi connectivity index (χ4v) is 3.58. The summed E-state index contributed by atoms with van der Waals surface area (Å²) in [5.41, 5.74) is 1.39. The molecule has 2 N–H and O–H groups in total. The zero-order chi connectivity index (χ0) is 27.6. The number of nitriles is 1. The molecule has 0 radical (unpaired) electrons. The number of rotatable bonds is 10. The van der Waals surface area contributed by atoms with Crippen molar-refractivity contribution in [2.75, 3.05) is 20.2 Å². The van der Waals surface area contributed by atoms with Crippen molar-refractivity contribution in [1.29, 1.82) is 5.26 Å². The fourth-order valence-electron chi connectivity index (χ4n) is 3.58. The topological polar surface area (TPSA) is 138 Å². The molecular weight excluding hydrogens is 464 g/mol.